The summed E-state index contributed by atoms with van der Waals surface area (Å²) in [5.41, 5.74) is 4.73. The Morgan fingerprint density at radius 1 is 1.48 bits per heavy atom. The highest BCUT2D eigenvalue weighted by atomic mass is 19.1. The lowest BCUT2D eigenvalue weighted by Gasteiger charge is -2.20. The molecule has 114 valence electrons. The molecule has 1 unspecified atom stereocenters. The van der Waals surface area contributed by atoms with Gasteiger partial charge in [0.1, 0.15) is 11.5 Å². The standard InChI is InChI=1S/C15H21FN4O/c1-4-7-20-15(13(21-3)9-18-20)14(19-17)11-6-5-10(2)8-12(11)16/h5-6,8-9,14,19H,4,7,17H2,1-3H3. The Kier molecular flexibility index (Phi) is 4.93. The second-order valence-electron chi connectivity index (χ2n) is 4.95. The van der Waals surface area contributed by atoms with Crippen molar-refractivity contribution in [3.63, 3.8) is 0 Å². The first-order valence-electron chi connectivity index (χ1n) is 6.94. The summed E-state index contributed by atoms with van der Waals surface area (Å²) in [7, 11) is 1.57. The lowest BCUT2D eigenvalue weighted by atomic mass is 10.0. The monoisotopic (exact) mass is 292 g/mol. The van der Waals surface area contributed by atoms with Crippen molar-refractivity contribution in [1.29, 1.82) is 0 Å². The van der Waals surface area contributed by atoms with E-state index in [0.717, 1.165) is 17.7 Å². The Labute approximate surface area is 123 Å². The van der Waals surface area contributed by atoms with Crippen LogP contribution in [0.4, 0.5) is 4.39 Å². The molecule has 1 atom stereocenters. The van der Waals surface area contributed by atoms with Crippen LogP contribution in [0.5, 0.6) is 5.75 Å². The smallest absolute Gasteiger partial charge is 0.161 e. The highest BCUT2D eigenvalue weighted by molar-refractivity contribution is 5.38. The van der Waals surface area contributed by atoms with Crippen LogP contribution in [0.15, 0.2) is 24.4 Å². The number of methoxy groups -OCH3 is 1. The number of halogens is 1. The van der Waals surface area contributed by atoms with Crippen LogP contribution in [0.2, 0.25) is 0 Å². The van der Waals surface area contributed by atoms with Crippen molar-refractivity contribution in [1.82, 2.24) is 15.2 Å². The zero-order valence-corrected chi connectivity index (χ0v) is 12.6. The molecule has 0 bridgehead atoms. The van der Waals surface area contributed by atoms with Crippen molar-refractivity contribution in [2.24, 2.45) is 5.84 Å². The number of aromatic nitrogens is 2. The number of hydrogen-bond donors (Lipinski definition) is 2. The molecule has 0 saturated heterocycles. The number of hydrazine groups is 1. The van der Waals surface area contributed by atoms with Crippen molar-refractivity contribution in [3.05, 3.63) is 47.0 Å². The van der Waals surface area contributed by atoms with Gasteiger partial charge in [0, 0.05) is 12.1 Å². The SMILES string of the molecule is CCCn1ncc(OC)c1C(NN)c1ccc(C)cc1F. The highest BCUT2D eigenvalue weighted by Gasteiger charge is 2.25. The molecular weight excluding hydrogens is 271 g/mol. The molecule has 1 aromatic heterocycles. The van der Waals surface area contributed by atoms with Gasteiger partial charge in [0.25, 0.3) is 0 Å². The zero-order valence-electron chi connectivity index (χ0n) is 12.6. The van der Waals surface area contributed by atoms with E-state index < -0.39 is 6.04 Å². The highest BCUT2D eigenvalue weighted by Crippen LogP contribution is 2.31. The number of aryl methyl sites for hydroxylation is 2. The fraction of sp³-hybridized carbons (Fsp3) is 0.400. The molecule has 1 heterocycles. The van der Waals surface area contributed by atoms with Gasteiger partial charge < -0.3 is 4.74 Å². The normalized spacial score (nSPS) is 12.4. The minimum Gasteiger partial charge on any atom is -0.493 e. The van der Waals surface area contributed by atoms with Gasteiger partial charge in [0.05, 0.1) is 19.3 Å². The van der Waals surface area contributed by atoms with Gasteiger partial charge in [0.15, 0.2) is 5.75 Å². The van der Waals surface area contributed by atoms with Crippen LogP contribution in [0.3, 0.4) is 0 Å². The van der Waals surface area contributed by atoms with Crippen LogP contribution in [0, 0.1) is 12.7 Å². The number of nitrogens with one attached hydrogen (secondary N) is 1. The molecular formula is C15H21FN4O. The topological polar surface area (TPSA) is 65.1 Å². The first kappa shape index (κ1) is 15.5. The number of nitrogens with two attached hydrogens (primary N) is 1. The summed E-state index contributed by atoms with van der Waals surface area (Å²) in [4.78, 5) is 0. The van der Waals surface area contributed by atoms with Crippen molar-refractivity contribution in [3.8, 4) is 5.75 Å². The maximum absolute atomic E-state index is 14.3. The predicted molar refractivity (Wildman–Crippen MR) is 79.4 cm³/mol. The van der Waals surface area contributed by atoms with E-state index in [9.17, 15) is 4.39 Å². The fourth-order valence-electron chi connectivity index (χ4n) is 2.40. The number of hydrogen-bond acceptors (Lipinski definition) is 4. The van der Waals surface area contributed by atoms with Crippen LogP contribution in [0.1, 0.15) is 36.2 Å². The third kappa shape index (κ3) is 3.06. The first-order valence-corrected chi connectivity index (χ1v) is 6.94. The van der Waals surface area contributed by atoms with Gasteiger partial charge in [-0.25, -0.2) is 9.82 Å². The number of nitrogens with zero attached hydrogens (tertiary/aromatic N) is 2. The molecule has 2 rings (SSSR count). The second-order valence-corrected chi connectivity index (χ2v) is 4.95. The molecule has 1 aromatic carbocycles. The van der Waals surface area contributed by atoms with Crippen LogP contribution in [-0.2, 0) is 6.54 Å². The van der Waals surface area contributed by atoms with Crippen LogP contribution in [-0.4, -0.2) is 16.9 Å². The Bertz CT molecular complexity index is 612. The summed E-state index contributed by atoms with van der Waals surface area (Å²) in [6, 6.07) is 4.56. The lowest BCUT2D eigenvalue weighted by Crippen LogP contribution is -2.31. The van der Waals surface area contributed by atoms with E-state index in [-0.39, 0.29) is 5.82 Å². The van der Waals surface area contributed by atoms with Gasteiger partial charge in [-0.2, -0.15) is 5.10 Å². The Hall–Kier alpha value is -1.92. The fourth-order valence-corrected chi connectivity index (χ4v) is 2.40. The number of rotatable bonds is 6. The van der Waals surface area contributed by atoms with Crippen molar-refractivity contribution < 1.29 is 9.13 Å². The summed E-state index contributed by atoms with van der Waals surface area (Å²) in [5.74, 6) is 5.97. The van der Waals surface area contributed by atoms with E-state index in [0.29, 0.717) is 17.9 Å². The second kappa shape index (κ2) is 6.69. The third-order valence-corrected chi connectivity index (χ3v) is 3.41. The van der Waals surface area contributed by atoms with E-state index in [1.165, 1.54) is 6.07 Å². The molecule has 0 fully saturated rings. The average molecular weight is 292 g/mol. The summed E-state index contributed by atoms with van der Waals surface area (Å²) in [6.07, 6.45) is 2.53. The average Bonchev–Trinajstić information content (AvgIpc) is 2.85. The van der Waals surface area contributed by atoms with Crippen LogP contribution >= 0.6 is 0 Å². The van der Waals surface area contributed by atoms with Gasteiger partial charge in [-0.15, -0.1) is 0 Å². The van der Waals surface area contributed by atoms with Gasteiger partial charge in [-0.3, -0.25) is 10.5 Å². The minimum absolute atomic E-state index is 0.302. The van der Waals surface area contributed by atoms with E-state index in [1.54, 1.807) is 24.1 Å². The largest absolute Gasteiger partial charge is 0.493 e. The summed E-state index contributed by atoms with van der Waals surface area (Å²) >= 11 is 0. The summed E-state index contributed by atoms with van der Waals surface area (Å²) in [5, 5.41) is 4.29. The molecule has 2 aromatic rings. The molecule has 0 aliphatic carbocycles. The number of ether oxygens (including phenoxy) is 1. The van der Waals surface area contributed by atoms with Gasteiger partial charge in [0.2, 0.25) is 0 Å². The van der Waals surface area contributed by atoms with Gasteiger partial charge in [-0.1, -0.05) is 19.1 Å². The number of benzene rings is 1. The maximum Gasteiger partial charge on any atom is 0.161 e. The summed E-state index contributed by atoms with van der Waals surface area (Å²) in [6.45, 7) is 4.61. The van der Waals surface area contributed by atoms with Crippen molar-refractivity contribution in [2.75, 3.05) is 7.11 Å². The van der Waals surface area contributed by atoms with Gasteiger partial charge >= 0.3 is 0 Å². The van der Waals surface area contributed by atoms with E-state index in [1.807, 2.05) is 13.0 Å². The van der Waals surface area contributed by atoms with Crippen LogP contribution < -0.4 is 16.0 Å². The minimum atomic E-state index is -0.519. The quantitative estimate of drug-likeness (QED) is 0.633. The zero-order chi connectivity index (χ0) is 15.4. The molecule has 21 heavy (non-hydrogen) atoms. The Balaban J connectivity index is 2.52. The summed E-state index contributed by atoms with van der Waals surface area (Å²) < 4.78 is 21.4. The first-order chi connectivity index (χ1) is 10.1. The molecule has 0 aliphatic heterocycles. The van der Waals surface area contributed by atoms with Crippen molar-refractivity contribution in [2.45, 2.75) is 32.9 Å². The van der Waals surface area contributed by atoms with E-state index >= 15 is 0 Å². The lowest BCUT2D eigenvalue weighted by molar-refractivity contribution is 0.396. The van der Waals surface area contributed by atoms with E-state index in [2.05, 4.69) is 17.4 Å². The molecule has 3 N–H and O–H groups in total. The molecule has 0 radical (unpaired) electrons. The molecule has 0 amide bonds. The van der Waals surface area contributed by atoms with Crippen molar-refractivity contribution >= 4 is 0 Å². The molecule has 0 saturated carbocycles. The van der Waals surface area contributed by atoms with Crippen LogP contribution in [0.25, 0.3) is 0 Å². The predicted octanol–water partition coefficient (Wildman–Crippen LogP) is 2.30. The third-order valence-electron chi connectivity index (χ3n) is 3.41. The van der Waals surface area contributed by atoms with E-state index in [4.69, 9.17) is 10.6 Å². The molecule has 6 heteroatoms. The molecule has 0 spiro atoms. The maximum atomic E-state index is 14.3. The Morgan fingerprint density at radius 2 is 2.24 bits per heavy atom. The van der Waals surface area contributed by atoms with Gasteiger partial charge in [-0.05, 0) is 25.0 Å². The Morgan fingerprint density at radius 3 is 2.81 bits per heavy atom. The molecule has 5 nitrogen and oxygen atoms in total. The molecule has 0 aliphatic rings.